The Bertz CT molecular complexity index is 426. The Morgan fingerprint density at radius 2 is 2.17 bits per heavy atom. The van der Waals surface area contributed by atoms with E-state index in [2.05, 4.69) is 0 Å². The molecule has 0 aliphatic heterocycles. The summed E-state index contributed by atoms with van der Waals surface area (Å²) in [4.78, 5) is 15.4. The van der Waals surface area contributed by atoms with E-state index < -0.39 is 5.54 Å². The first-order chi connectivity index (χ1) is 8.55. The molecule has 18 heavy (non-hydrogen) atoms. The molecule has 0 bridgehead atoms. The number of rotatable bonds is 4. The van der Waals surface area contributed by atoms with Crippen LogP contribution in [0.4, 0.5) is 0 Å². The Morgan fingerprint density at radius 3 is 2.67 bits per heavy atom. The lowest BCUT2D eigenvalue weighted by molar-refractivity contribution is -0.137. The van der Waals surface area contributed by atoms with Gasteiger partial charge in [-0.15, -0.1) is 11.3 Å². The highest BCUT2D eigenvalue weighted by Gasteiger charge is 2.39. The number of nitrogens with zero attached hydrogens (tertiary/aromatic N) is 1. The molecule has 3 nitrogen and oxygen atoms in total. The van der Waals surface area contributed by atoms with Gasteiger partial charge in [0, 0.05) is 11.4 Å². The first-order valence-corrected chi connectivity index (χ1v) is 7.57. The zero-order valence-electron chi connectivity index (χ0n) is 10.6. The van der Waals surface area contributed by atoms with Crippen LogP contribution in [0.25, 0.3) is 0 Å². The van der Waals surface area contributed by atoms with Crippen LogP contribution < -0.4 is 5.73 Å². The molecule has 0 radical (unpaired) electrons. The molecule has 100 valence electrons. The third-order valence-corrected chi connectivity index (χ3v) is 4.78. The van der Waals surface area contributed by atoms with Gasteiger partial charge in [0.2, 0.25) is 5.91 Å². The first kappa shape index (κ1) is 13.8. The number of hydrogen-bond acceptors (Lipinski definition) is 3. The minimum atomic E-state index is -0.628. The third kappa shape index (κ3) is 2.87. The van der Waals surface area contributed by atoms with Crippen molar-refractivity contribution in [3.8, 4) is 0 Å². The second kappa shape index (κ2) is 5.59. The lowest BCUT2D eigenvalue weighted by Gasteiger charge is -2.30. The number of carbonyl (C=O) groups is 1. The van der Waals surface area contributed by atoms with Gasteiger partial charge < -0.3 is 10.6 Å². The second-order valence-electron chi connectivity index (χ2n) is 4.89. The van der Waals surface area contributed by atoms with Crippen molar-refractivity contribution < 1.29 is 4.79 Å². The Labute approximate surface area is 117 Å². The molecule has 0 saturated heterocycles. The van der Waals surface area contributed by atoms with E-state index in [-0.39, 0.29) is 5.91 Å². The second-order valence-corrected chi connectivity index (χ2v) is 6.69. The van der Waals surface area contributed by atoms with Crippen molar-refractivity contribution >= 4 is 28.8 Å². The topological polar surface area (TPSA) is 46.3 Å². The molecule has 0 spiro atoms. The average molecular weight is 287 g/mol. The molecule has 1 saturated carbocycles. The fraction of sp³-hybridized carbons (Fsp3) is 0.615. The largest absolute Gasteiger partial charge is 0.336 e. The fourth-order valence-electron chi connectivity index (χ4n) is 2.49. The molecular weight excluding hydrogens is 268 g/mol. The average Bonchev–Trinajstić information content (AvgIpc) is 2.95. The standard InChI is InChI=1S/C13H19ClN2OS/c1-2-16(9-10-5-6-11(14)18-10)12(17)13(15)7-3-4-8-13/h5-6H,2-4,7-9,15H2,1H3. The number of hydrogen-bond donors (Lipinski definition) is 1. The summed E-state index contributed by atoms with van der Waals surface area (Å²) in [5, 5.41) is 0. The van der Waals surface area contributed by atoms with Crippen molar-refractivity contribution in [3.05, 3.63) is 21.3 Å². The molecule has 1 heterocycles. The summed E-state index contributed by atoms with van der Waals surface area (Å²) < 4.78 is 0.761. The van der Waals surface area contributed by atoms with E-state index in [1.54, 1.807) is 0 Å². The zero-order chi connectivity index (χ0) is 13.2. The number of halogens is 1. The first-order valence-electron chi connectivity index (χ1n) is 6.37. The Kier molecular flexibility index (Phi) is 4.30. The number of nitrogens with two attached hydrogens (primary N) is 1. The fourth-order valence-corrected chi connectivity index (χ4v) is 3.59. The van der Waals surface area contributed by atoms with Gasteiger partial charge in [-0.25, -0.2) is 0 Å². The van der Waals surface area contributed by atoms with Gasteiger partial charge in [-0.1, -0.05) is 24.4 Å². The van der Waals surface area contributed by atoms with E-state index in [0.717, 1.165) is 34.9 Å². The summed E-state index contributed by atoms with van der Waals surface area (Å²) in [6.45, 7) is 3.30. The van der Waals surface area contributed by atoms with Gasteiger partial charge in [-0.05, 0) is 31.9 Å². The maximum absolute atomic E-state index is 12.5. The maximum Gasteiger partial charge on any atom is 0.242 e. The molecule has 5 heteroatoms. The molecule has 2 N–H and O–H groups in total. The van der Waals surface area contributed by atoms with Gasteiger partial charge in [0.15, 0.2) is 0 Å². The predicted molar refractivity (Wildman–Crippen MR) is 75.8 cm³/mol. The van der Waals surface area contributed by atoms with Gasteiger partial charge in [0.1, 0.15) is 0 Å². The number of thiophene rings is 1. The van der Waals surface area contributed by atoms with Gasteiger partial charge in [-0.3, -0.25) is 4.79 Å². The minimum absolute atomic E-state index is 0.0898. The Balaban J connectivity index is 2.06. The molecule has 1 aromatic rings. The lowest BCUT2D eigenvalue weighted by atomic mass is 9.97. The summed E-state index contributed by atoms with van der Waals surface area (Å²) in [5.41, 5.74) is 5.60. The van der Waals surface area contributed by atoms with E-state index in [9.17, 15) is 4.79 Å². The minimum Gasteiger partial charge on any atom is -0.336 e. The molecule has 0 aromatic carbocycles. The quantitative estimate of drug-likeness (QED) is 0.925. The highest BCUT2D eigenvalue weighted by atomic mass is 35.5. The molecule has 1 fully saturated rings. The summed E-state index contributed by atoms with van der Waals surface area (Å²) in [6.07, 6.45) is 3.75. The molecular formula is C13H19ClN2OS. The molecule has 0 atom stereocenters. The Morgan fingerprint density at radius 1 is 1.50 bits per heavy atom. The van der Waals surface area contributed by atoms with Gasteiger partial charge >= 0.3 is 0 Å². The van der Waals surface area contributed by atoms with E-state index in [4.69, 9.17) is 17.3 Å². The van der Waals surface area contributed by atoms with Crippen LogP contribution in [0.2, 0.25) is 4.34 Å². The molecule has 1 aromatic heterocycles. The van der Waals surface area contributed by atoms with Crippen LogP contribution in [-0.2, 0) is 11.3 Å². The van der Waals surface area contributed by atoms with Crippen LogP contribution in [-0.4, -0.2) is 22.9 Å². The SMILES string of the molecule is CCN(Cc1ccc(Cl)s1)C(=O)C1(N)CCCC1. The smallest absolute Gasteiger partial charge is 0.242 e. The zero-order valence-corrected chi connectivity index (χ0v) is 12.2. The highest BCUT2D eigenvalue weighted by Crippen LogP contribution is 2.30. The third-order valence-electron chi connectivity index (χ3n) is 3.57. The number of likely N-dealkylation sites (N-methyl/N-ethyl adjacent to an activating group) is 1. The normalized spacial score (nSPS) is 17.9. The maximum atomic E-state index is 12.5. The van der Waals surface area contributed by atoms with Crippen molar-refractivity contribution in [3.63, 3.8) is 0 Å². The lowest BCUT2D eigenvalue weighted by Crippen LogP contribution is -2.53. The highest BCUT2D eigenvalue weighted by molar-refractivity contribution is 7.16. The molecule has 1 aliphatic carbocycles. The van der Waals surface area contributed by atoms with Crippen molar-refractivity contribution in [1.29, 1.82) is 0 Å². The number of amides is 1. The molecule has 1 amide bonds. The van der Waals surface area contributed by atoms with Crippen molar-refractivity contribution in [2.24, 2.45) is 5.73 Å². The molecule has 2 rings (SSSR count). The monoisotopic (exact) mass is 286 g/mol. The van der Waals surface area contributed by atoms with E-state index in [1.807, 2.05) is 24.0 Å². The van der Waals surface area contributed by atoms with Crippen molar-refractivity contribution in [2.45, 2.75) is 44.7 Å². The predicted octanol–water partition coefficient (Wildman–Crippen LogP) is 3.02. The van der Waals surface area contributed by atoms with Crippen LogP contribution >= 0.6 is 22.9 Å². The summed E-state index contributed by atoms with van der Waals surface area (Å²) in [6, 6.07) is 3.84. The van der Waals surface area contributed by atoms with Crippen LogP contribution in [0, 0.1) is 0 Å². The van der Waals surface area contributed by atoms with Crippen molar-refractivity contribution in [1.82, 2.24) is 4.90 Å². The molecule has 1 aliphatic rings. The number of carbonyl (C=O) groups excluding carboxylic acids is 1. The Hall–Kier alpha value is -0.580. The summed E-state index contributed by atoms with van der Waals surface area (Å²) >= 11 is 7.43. The molecule has 0 unspecified atom stereocenters. The van der Waals surface area contributed by atoms with E-state index in [0.29, 0.717) is 13.1 Å². The van der Waals surface area contributed by atoms with Crippen molar-refractivity contribution in [2.75, 3.05) is 6.54 Å². The van der Waals surface area contributed by atoms with Crippen LogP contribution in [0.15, 0.2) is 12.1 Å². The van der Waals surface area contributed by atoms with Gasteiger partial charge in [0.05, 0.1) is 16.4 Å². The van der Waals surface area contributed by atoms with Crippen LogP contribution in [0.3, 0.4) is 0 Å². The van der Waals surface area contributed by atoms with Gasteiger partial charge in [-0.2, -0.15) is 0 Å². The summed E-state index contributed by atoms with van der Waals surface area (Å²) in [7, 11) is 0. The van der Waals surface area contributed by atoms with Crippen LogP contribution in [0.5, 0.6) is 0 Å². The summed E-state index contributed by atoms with van der Waals surface area (Å²) in [5.74, 6) is 0.0898. The van der Waals surface area contributed by atoms with Crippen LogP contribution in [0.1, 0.15) is 37.5 Å². The van der Waals surface area contributed by atoms with Gasteiger partial charge in [0.25, 0.3) is 0 Å². The van der Waals surface area contributed by atoms with E-state index in [1.165, 1.54) is 11.3 Å². The van der Waals surface area contributed by atoms with E-state index >= 15 is 0 Å².